The monoisotopic (exact) mass is 386 g/mol. The predicted molar refractivity (Wildman–Crippen MR) is 81.9 cm³/mol. The molecule has 1 unspecified atom stereocenters. The quantitative estimate of drug-likeness (QED) is 0.326. The van der Waals surface area contributed by atoms with Crippen LogP contribution < -0.4 is 0 Å². The average Bonchev–Trinajstić information content (AvgIpc) is 2.40. The van der Waals surface area contributed by atoms with Crippen molar-refractivity contribution in [2.24, 2.45) is 0 Å². The third-order valence-electron chi connectivity index (χ3n) is 2.65. The van der Waals surface area contributed by atoms with Crippen molar-refractivity contribution in [3.8, 4) is 0 Å². The fourth-order valence-electron chi connectivity index (χ4n) is 1.74. The van der Waals surface area contributed by atoms with Crippen LogP contribution >= 0.6 is 0 Å². The number of rotatable bonds is 6. The van der Waals surface area contributed by atoms with Gasteiger partial charge < -0.3 is 0 Å². The maximum atomic E-state index is 13.7. The molecule has 0 amide bonds. The van der Waals surface area contributed by atoms with Gasteiger partial charge in [0.15, 0.2) is 0 Å². The average molecular weight is 386 g/mol. The van der Waals surface area contributed by atoms with Crippen LogP contribution in [0.5, 0.6) is 0 Å². The second kappa shape index (κ2) is 8.14. The molecule has 0 fully saturated rings. The van der Waals surface area contributed by atoms with Crippen LogP contribution in [-0.4, -0.2) is 42.9 Å². The topological polar surface area (TPSA) is 79.8 Å². The molecule has 1 aromatic carbocycles. The van der Waals surface area contributed by atoms with Crippen LogP contribution in [0.3, 0.4) is 0 Å². The molecule has 0 spiro atoms. The van der Waals surface area contributed by atoms with E-state index in [1.54, 1.807) is 20.8 Å². The van der Waals surface area contributed by atoms with Crippen molar-refractivity contribution in [1.82, 2.24) is 0 Å². The molecule has 0 aliphatic heterocycles. The number of halogens is 2. The van der Waals surface area contributed by atoms with Crippen molar-refractivity contribution in [3.05, 3.63) is 40.9 Å². The summed E-state index contributed by atoms with van der Waals surface area (Å²) in [5.41, 5.74) is 7.77. The van der Waals surface area contributed by atoms with Crippen molar-refractivity contribution >= 4 is 32.5 Å². The molecule has 0 N–H and O–H groups in total. The summed E-state index contributed by atoms with van der Waals surface area (Å²) in [6.45, 7) is 5.07. The summed E-state index contributed by atoms with van der Waals surface area (Å²) >= 11 is -1.63. The third-order valence-corrected chi connectivity index (χ3v) is 5.12. The minimum atomic E-state index is -1.63. The summed E-state index contributed by atoms with van der Waals surface area (Å²) in [7, 11) is 0. The van der Waals surface area contributed by atoms with Gasteiger partial charge in [0.2, 0.25) is 0 Å². The fraction of sp³-hybridized carbons (Fsp3) is 0.400. The zero-order valence-electron chi connectivity index (χ0n) is 13.0. The summed E-state index contributed by atoms with van der Waals surface area (Å²) < 4.78 is 30.7. The van der Waals surface area contributed by atoms with Crippen molar-refractivity contribution in [1.29, 1.82) is 0 Å². The molecule has 0 saturated heterocycles. The number of nitrogens with zero attached hydrogens (tertiary/aromatic N) is 2. The van der Waals surface area contributed by atoms with E-state index >= 15 is 0 Å². The molecule has 1 rings (SSSR count). The Labute approximate surface area is 139 Å². The number of hydrogen-bond donors (Lipinski definition) is 0. The van der Waals surface area contributed by atoms with Crippen LogP contribution in [0.2, 0.25) is 4.71 Å². The van der Waals surface area contributed by atoms with Crippen molar-refractivity contribution in [2.75, 3.05) is 0 Å². The van der Waals surface area contributed by atoms with E-state index in [9.17, 15) is 18.4 Å². The van der Waals surface area contributed by atoms with E-state index < -0.39 is 48.2 Å². The summed E-state index contributed by atoms with van der Waals surface area (Å²) in [4.78, 5) is 26.5. The minimum absolute atomic E-state index is 0.0120. The van der Waals surface area contributed by atoms with Gasteiger partial charge in [-0.25, -0.2) is 0 Å². The van der Waals surface area contributed by atoms with Gasteiger partial charge in [-0.1, -0.05) is 0 Å². The van der Waals surface area contributed by atoms with Gasteiger partial charge in [-0.05, 0) is 0 Å². The predicted octanol–water partition coefficient (Wildman–Crippen LogP) is 2.54. The van der Waals surface area contributed by atoms with Crippen molar-refractivity contribution < 1.29 is 27.9 Å². The summed E-state index contributed by atoms with van der Waals surface area (Å²) in [5.74, 6) is -1.93. The Morgan fingerprint density at radius 3 is 2.61 bits per heavy atom. The molecular formula is C15H17AsF2N2O3. The Bertz CT molecular complexity index is 653. The molecule has 23 heavy (non-hydrogen) atoms. The number of carbonyl (C=O) groups is 2. The summed E-state index contributed by atoms with van der Waals surface area (Å²) in [6.07, 6.45) is 0.503. The molecule has 0 saturated carbocycles. The summed E-state index contributed by atoms with van der Waals surface area (Å²) in [6, 6.07) is 2.90. The second-order valence-corrected chi connectivity index (χ2v) is 8.71. The van der Waals surface area contributed by atoms with E-state index in [1.165, 1.54) is 0 Å². The Morgan fingerprint density at radius 2 is 2.04 bits per heavy atom. The molecule has 1 aromatic rings. The molecule has 8 heteroatoms. The van der Waals surface area contributed by atoms with E-state index in [4.69, 9.17) is 10.3 Å². The van der Waals surface area contributed by atoms with Crippen LogP contribution in [0.15, 0.2) is 18.2 Å². The normalized spacial score (nSPS) is 12.7. The van der Waals surface area contributed by atoms with Gasteiger partial charge in [0, 0.05) is 0 Å². The molecular weight excluding hydrogens is 369 g/mol. The molecule has 0 bridgehead atoms. The van der Waals surface area contributed by atoms with Gasteiger partial charge in [0.25, 0.3) is 0 Å². The van der Waals surface area contributed by atoms with E-state index in [2.05, 4.69) is 4.79 Å². The zero-order chi connectivity index (χ0) is 17.6. The number of Topliss-reactive ketones (excluding diaryl/α,β-unsaturated/α-hetero) is 1. The molecule has 0 aromatic heterocycles. The van der Waals surface area contributed by atoms with E-state index in [0.29, 0.717) is 6.21 Å². The first-order valence-corrected chi connectivity index (χ1v) is 9.03. The van der Waals surface area contributed by atoms with Crippen LogP contribution in [-0.2, 0) is 16.0 Å². The van der Waals surface area contributed by atoms with Crippen LogP contribution in [0.1, 0.15) is 26.3 Å². The first-order valence-electron chi connectivity index (χ1n) is 6.77. The first-order chi connectivity index (χ1) is 10.6. The van der Waals surface area contributed by atoms with Crippen LogP contribution in [0, 0.1) is 11.6 Å². The summed E-state index contributed by atoms with van der Waals surface area (Å²) in [5, 5.41) is 0. The molecule has 2 atom stereocenters. The fourth-order valence-corrected chi connectivity index (χ4v) is 4.23. The number of ether oxygens (including phenoxy) is 1. The number of ketones is 1. The second-order valence-electron chi connectivity index (χ2n) is 5.79. The first kappa shape index (κ1) is 19.2. The van der Waals surface area contributed by atoms with E-state index in [1.807, 2.05) is 0 Å². The molecule has 0 radical (unpaired) electrons. The van der Waals surface area contributed by atoms with Crippen LogP contribution in [0.25, 0.3) is 5.53 Å². The van der Waals surface area contributed by atoms with E-state index in [-0.39, 0.29) is 12.0 Å². The molecule has 124 valence electrons. The van der Waals surface area contributed by atoms with E-state index in [0.717, 1.165) is 18.2 Å². The number of benzene rings is 1. The SMILES string of the molecule is CC(C)(C)OC(=O)[AsH][C@H](Cc1cc(F)ccc1F)C(=O)C=[N+]=[N-]. The van der Waals surface area contributed by atoms with Crippen molar-refractivity contribution in [3.63, 3.8) is 0 Å². The standard InChI is InChI=1S/C15H17AsF2N2O3/c1-15(2,3)23-14(22)16-11(13(21)8-20-19)7-9-6-10(17)4-5-12(9)18/h4-6,8,11,16H,7H2,1-3H3/t11-/m1/s1. The Balaban J connectivity index is 2.97. The molecule has 0 aliphatic carbocycles. The van der Waals surface area contributed by atoms with Gasteiger partial charge in [-0.3, -0.25) is 0 Å². The maximum absolute atomic E-state index is 13.7. The Hall–Kier alpha value is -1.84. The van der Waals surface area contributed by atoms with Gasteiger partial charge >= 0.3 is 139 Å². The molecule has 0 aliphatic rings. The Kier molecular flexibility index (Phi) is 6.79. The Morgan fingerprint density at radius 1 is 1.39 bits per heavy atom. The molecule has 0 heterocycles. The number of hydrogen-bond acceptors (Lipinski definition) is 3. The molecule has 5 nitrogen and oxygen atoms in total. The van der Waals surface area contributed by atoms with Gasteiger partial charge in [-0.15, -0.1) is 0 Å². The number of carbonyl (C=O) groups excluding carboxylic acids is 2. The van der Waals surface area contributed by atoms with Gasteiger partial charge in [-0.2, -0.15) is 0 Å². The third kappa shape index (κ3) is 6.85. The van der Waals surface area contributed by atoms with Gasteiger partial charge in [0.05, 0.1) is 0 Å². The van der Waals surface area contributed by atoms with Crippen LogP contribution in [0.4, 0.5) is 13.6 Å². The van der Waals surface area contributed by atoms with Crippen molar-refractivity contribution in [2.45, 2.75) is 37.5 Å². The zero-order valence-corrected chi connectivity index (χ0v) is 15.1. The van der Waals surface area contributed by atoms with Gasteiger partial charge in [0.1, 0.15) is 0 Å².